The number of benzene rings is 1. The van der Waals surface area contributed by atoms with E-state index in [4.69, 9.17) is 5.26 Å². The molecule has 102 valence electrons. The molecule has 0 aliphatic rings. The Bertz CT molecular complexity index is 620. The summed E-state index contributed by atoms with van der Waals surface area (Å²) in [7, 11) is 0. The molecule has 0 unspecified atom stereocenters. The van der Waals surface area contributed by atoms with E-state index >= 15 is 0 Å². The summed E-state index contributed by atoms with van der Waals surface area (Å²) in [5.74, 6) is 1.28. The molecular weight excluding hydrogens is 250 g/mol. The Kier molecular flexibility index (Phi) is 3.85. The zero-order chi connectivity index (χ0) is 14.6. The van der Waals surface area contributed by atoms with Crippen molar-refractivity contribution in [2.75, 3.05) is 10.6 Å². The van der Waals surface area contributed by atoms with Gasteiger partial charge in [-0.1, -0.05) is 0 Å². The highest BCUT2D eigenvalue weighted by molar-refractivity contribution is 5.56. The summed E-state index contributed by atoms with van der Waals surface area (Å²) in [5, 5.41) is 15.2. The smallest absolute Gasteiger partial charge is 0.229 e. The lowest BCUT2D eigenvalue weighted by atomic mass is 10.1. The fourth-order valence-corrected chi connectivity index (χ4v) is 1.63. The maximum atomic E-state index is 8.76. The third-order valence-electron chi connectivity index (χ3n) is 2.43. The molecule has 0 saturated heterocycles. The molecule has 0 radical (unpaired) electrons. The van der Waals surface area contributed by atoms with Crippen LogP contribution >= 0.6 is 0 Å². The van der Waals surface area contributed by atoms with Crippen LogP contribution in [0.2, 0.25) is 0 Å². The van der Waals surface area contributed by atoms with Crippen LogP contribution in [0.25, 0.3) is 0 Å². The Morgan fingerprint density at radius 3 is 2.40 bits per heavy atom. The van der Waals surface area contributed by atoms with Crippen molar-refractivity contribution in [1.29, 1.82) is 5.26 Å². The van der Waals surface area contributed by atoms with Crippen molar-refractivity contribution in [1.82, 2.24) is 9.97 Å². The predicted molar refractivity (Wildman–Crippen MR) is 79.8 cm³/mol. The zero-order valence-corrected chi connectivity index (χ0v) is 11.8. The molecule has 1 aromatic carbocycles. The van der Waals surface area contributed by atoms with E-state index in [0.717, 1.165) is 11.5 Å². The van der Waals surface area contributed by atoms with Crippen molar-refractivity contribution in [2.45, 2.75) is 26.3 Å². The van der Waals surface area contributed by atoms with Crippen molar-refractivity contribution in [3.05, 3.63) is 42.1 Å². The van der Waals surface area contributed by atoms with E-state index in [1.54, 1.807) is 18.3 Å². The van der Waals surface area contributed by atoms with Crippen LogP contribution in [0.5, 0.6) is 0 Å². The monoisotopic (exact) mass is 267 g/mol. The zero-order valence-electron chi connectivity index (χ0n) is 11.8. The van der Waals surface area contributed by atoms with Crippen LogP contribution in [-0.4, -0.2) is 15.5 Å². The van der Waals surface area contributed by atoms with Crippen molar-refractivity contribution in [2.24, 2.45) is 0 Å². The summed E-state index contributed by atoms with van der Waals surface area (Å²) in [4.78, 5) is 8.58. The predicted octanol–water partition coefficient (Wildman–Crippen LogP) is 3.30. The van der Waals surface area contributed by atoms with Crippen LogP contribution in [0.15, 0.2) is 36.5 Å². The van der Waals surface area contributed by atoms with Gasteiger partial charge in [-0.25, -0.2) is 4.98 Å². The maximum Gasteiger partial charge on any atom is 0.229 e. The molecule has 5 heteroatoms. The van der Waals surface area contributed by atoms with Crippen molar-refractivity contribution < 1.29 is 0 Å². The van der Waals surface area contributed by atoms with E-state index in [2.05, 4.69) is 47.4 Å². The molecule has 0 aliphatic heterocycles. The topological polar surface area (TPSA) is 73.6 Å². The Morgan fingerprint density at radius 2 is 1.80 bits per heavy atom. The summed E-state index contributed by atoms with van der Waals surface area (Å²) in [6.07, 6.45) is 1.70. The van der Waals surface area contributed by atoms with E-state index in [0.29, 0.717) is 11.5 Å². The second-order valence-corrected chi connectivity index (χ2v) is 5.45. The van der Waals surface area contributed by atoms with Crippen LogP contribution < -0.4 is 10.6 Å². The third-order valence-corrected chi connectivity index (χ3v) is 2.43. The molecule has 1 aromatic heterocycles. The first-order chi connectivity index (χ1) is 9.46. The van der Waals surface area contributed by atoms with Crippen LogP contribution in [0, 0.1) is 11.3 Å². The lowest BCUT2D eigenvalue weighted by molar-refractivity contribution is 0.630. The molecule has 5 nitrogen and oxygen atoms in total. The summed E-state index contributed by atoms with van der Waals surface area (Å²) < 4.78 is 0. The highest BCUT2D eigenvalue weighted by Crippen LogP contribution is 2.16. The van der Waals surface area contributed by atoms with Gasteiger partial charge < -0.3 is 10.6 Å². The van der Waals surface area contributed by atoms with Crippen molar-refractivity contribution >= 4 is 17.5 Å². The molecule has 20 heavy (non-hydrogen) atoms. The van der Waals surface area contributed by atoms with Gasteiger partial charge >= 0.3 is 0 Å². The van der Waals surface area contributed by atoms with Gasteiger partial charge in [-0.2, -0.15) is 10.2 Å². The maximum absolute atomic E-state index is 8.76. The Hall–Kier alpha value is -2.61. The lowest BCUT2D eigenvalue weighted by Gasteiger charge is -2.21. The number of nitriles is 1. The summed E-state index contributed by atoms with van der Waals surface area (Å²) >= 11 is 0. The molecular formula is C15H17N5. The number of rotatable bonds is 3. The van der Waals surface area contributed by atoms with Gasteiger partial charge in [0.2, 0.25) is 5.95 Å². The number of aromatic nitrogens is 2. The van der Waals surface area contributed by atoms with Crippen LogP contribution in [-0.2, 0) is 0 Å². The fraction of sp³-hybridized carbons (Fsp3) is 0.267. The fourth-order valence-electron chi connectivity index (χ4n) is 1.63. The number of nitrogens with one attached hydrogen (secondary N) is 2. The van der Waals surface area contributed by atoms with Gasteiger partial charge in [0.05, 0.1) is 11.6 Å². The van der Waals surface area contributed by atoms with Crippen molar-refractivity contribution in [3.8, 4) is 6.07 Å². The average Bonchev–Trinajstić information content (AvgIpc) is 2.38. The van der Waals surface area contributed by atoms with Gasteiger partial charge in [0.25, 0.3) is 0 Å². The van der Waals surface area contributed by atoms with Gasteiger partial charge in [0, 0.05) is 17.4 Å². The molecule has 0 bridgehead atoms. The molecule has 2 N–H and O–H groups in total. The Labute approximate surface area is 118 Å². The number of hydrogen-bond donors (Lipinski definition) is 2. The van der Waals surface area contributed by atoms with Gasteiger partial charge in [-0.05, 0) is 51.1 Å². The molecule has 0 amide bonds. The van der Waals surface area contributed by atoms with E-state index in [-0.39, 0.29) is 5.54 Å². The molecule has 0 atom stereocenters. The first-order valence-corrected chi connectivity index (χ1v) is 6.35. The van der Waals surface area contributed by atoms with Crippen LogP contribution in [0.3, 0.4) is 0 Å². The van der Waals surface area contributed by atoms with Crippen LogP contribution in [0.4, 0.5) is 17.5 Å². The largest absolute Gasteiger partial charge is 0.365 e. The minimum Gasteiger partial charge on any atom is -0.365 e. The Balaban J connectivity index is 2.13. The highest BCUT2D eigenvalue weighted by atomic mass is 15.1. The normalized spacial score (nSPS) is 10.7. The number of anilines is 3. The third kappa shape index (κ3) is 3.95. The van der Waals surface area contributed by atoms with E-state index in [1.165, 1.54) is 0 Å². The average molecular weight is 267 g/mol. The quantitative estimate of drug-likeness (QED) is 0.892. The van der Waals surface area contributed by atoms with E-state index in [9.17, 15) is 0 Å². The van der Waals surface area contributed by atoms with Gasteiger partial charge in [0.1, 0.15) is 5.82 Å². The van der Waals surface area contributed by atoms with Gasteiger partial charge in [-0.3, -0.25) is 0 Å². The molecule has 2 rings (SSSR count). The first-order valence-electron chi connectivity index (χ1n) is 6.35. The van der Waals surface area contributed by atoms with Gasteiger partial charge in [0.15, 0.2) is 0 Å². The van der Waals surface area contributed by atoms with Crippen molar-refractivity contribution in [3.63, 3.8) is 0 Å². The highest BCUT2D eigenvalue weighted by Gasteiger charge is 2.10. The van der Waals surface area contributed by atoms with Gasteiger partial charge in [-0.15, -0.1) is 0 Å². The molecule has 0 fully saturated rings. The number of nitrogens with zero attached hydrogens (tertiary/aromatic N) is 3. The minimum absolute atomic E-state index is 0.0555. The SMILES string of the molecule is CC(C)(C)Nc1ccnc(Nc2ccc(C#N)cc2)n1. The molecule has 0 saturated carbocycles. The van der Waals surface area contributed by atoms with Crippen LogP contribution in [0.1, 0.15) is 26.3 Å². The first kappa shape index (κ1) is 13.8. The Morgan fingerprint density at radius 1 is 1.10 bits per heavy atom. The minimum atomic E-state index is -0.0555. The summed E-state index contributed by atoms with van der Waals surface area (Å²) in [6, 6.07) is 11.1. The van der Waals surface area contributed by atoms with E-state index < -0.39 is 0 Å². The summed E-state index contributed by atoms with van der Waals surface area (Å²) in [6.45, 7) is 6.22. The second kappa shape index (κ2) is 5.57. The second-order valence-electron chi connectivity index (χ2n) is 5.45. The summed E-state index contributed by atoms with van der Waals surface area (Å²) in [5.41, 5.74) is 1.41. The lowest BCUT2D eigenvalue weighted by Crippen LogP contribution is -2.26. The molecule has 1 heterocycles. The standard InChI is InChI=1S/C15H17N5/c1-15(2,3)20-13-8-9-17-14(19-13)18-12-6-4-11(10-16)5-7-12/h4-9H,1-3H3,(H2,17,18,19,20). The molecule has 2 aromatic rings. The number of hydrogen-bond acceptors (Lipinski definition) is 5. The molecule has 0 spiro atoms. The van der Waals surface area contributed by atoms with E-state index in [1.807, 2.05) is 18.2 Å². The molecule has 0 aliphatic carbocycles.